The molecule has 0 aliphatic rings. The third kappa shape index (κ3) is 3.31. The minimum Gasteiger partial charge on any atom is -0.497 e. The monoisotopic (exact) mass is 367 g/mol. The Balaban J connectivity index is 1.90. The number of H-pyrrole nitrogens is 1. The molecule has 0 unspecified atom stereocenters. The molecule has 0 saturated heterocycles. The van der Waals surface area contributed by atoms with Gasteiger partial charge in [0.25, 0.3) is 5.56 Å². The van der Waals surface area contributed by atoms with E-state index in [-0.39, 0.29) is 16.8 Å². The molecule has 1 aromatic carbocycles. The van der Waals surface area contributed by atoms with Gasteiger partial charge in [0.15, 0.2) is 5.69 Å². The van der Waals surface area contributed by atoms with Gasteiger partial charge in [0.05, 0.1) is 12.8 Å². The van der Waals surface area contributed by atoms with Crippen LogP contribution in [-0.2, 0) is 0 Å². The van der Waals surface area contributed by atoms with Crippen LogP contribution in [0.5, 0.6) is 11.6 Å². The molecule has 8 nitrogen and oxygen atoms in total. The van der Waals surface area contributed by atoms with E-state index >= 15 is 0 Å². The van der Waals surface area contributed by atoms with Crippen LogP contribution < -0.4 is 10.3 Å². The van der Waals surface area contributed by atoms with Gasteiger partial charge in [0.1, 0.15) is 17.4 Å². The Kier molecular flexibility index (Phi) is 4.77. The fourth-order valence-electron chi connectivity index (χ4n) is 2.25. The van der Waals surface area contributed by atoms with Gasteiger partial charge in [0.2, 0.25) is 11.0 Å². The van der Waals surface area contributed by atoms with Crippen molar-refractivity contribution in [1.82, 2.24) is 9.97 Å². The number of nitriles is 1. The van der Waals surface area contributed by atoms with Gasteiger partial charge in [-0.05, 0) is 31.2 Å². The Morgan fingerprint density at radius 3 is 2.69 bits per heavy atom. The number of aromatic nitrogens is 2. The first-order chi connectivity index (χ1) is 12.5. The number of pyridine rings is 1. The van der Waals surface area contributed by atoms with Crippen molar-refractivity contribution < 1.29 is 9.84 Å². The molecule has 3 aromatic rings. The molecule has 0 amide bonds. The van der Waals surface area contributed by atoms with Crippen LogP contribution in [0.2, 0.25) is 0 Å². The smallest absolute Gasteiger partial charge is 0.278 e. The van der Waals surface area contributed by atoms with Crippen molar-refractivity contribution in [2.45, 2.75) is 6.92 Å². The molecule has 2 heterocycles. The molecule has 26 heavy (non-hydrogen) atoms. The van der Waals surface area contributed by atoms with Gasteiger partial charge in [-0.1, -0.05) is 0 Å². The summed E-state index contributed by atoms with van der Waals surface area (Å²) >= 11 is 1.27. The Morgan fingerprint density at radius 2 is 2.04 bits per heavy atom. The van der Waals surface area contributed by atoms with Crippen molar-refractivity contribution in [1.29, 1.82) is 5.26 Å². The molecule has 0 atom stereocenters. The Labute approximate surface area is 152 Å². The summed E-state index contributed by atoms with van der Waals surface area (Å²) in [4.78, 5) is 18.5. The van der Waals surface area contributed by atoms with Crippen LogP contribution in [0.25, 0.3) is 11.3 Å². The molecule has 0 spiro atoms. The number of methoxy groups -OCH3 is 1. The summed E-state index contributed by atoms with van der Waals surface area (Å²) in [6.07, 6.45) is 0. The van der Waals surface area contributed by atoms with Crippen molar-refractivity contribution >= 4 is 22.2 Å². The van der Waals surface area contributed by atoms with Gasteiger partial charge >= 0.3 is 0 Å². The summed E-state index contributed by atoms with van der Waals surface area (Å²) in [7, 11) is 1.60. The maximum atomic E-state index is 11.9. The highest BCUT2D eigenvalue weighted by Gasteiger charge is 2.14. The average molecular weight is 367 g/mol. The number of thiazole rings is 1. The third-order valence-electron chi connectivity index (χ3n) is 3.64. The summed E-state index contributed by atoms with van der Waals surface area (Å²) in [5.41, 5.74) is 1.16. The van der Waals surface area contributed by atoms with Gasteiger partial charge < -0.3 is 9.84 Å². The van der Waals surface area contributed by atoms with Crippen molar-refractivity contribution in [2.75, 3.05) is 7.11 Å². The van der Waals surface area contributed by atoms with Crippen LogP contribution in [0, 0.1) is 18.3 Å². The number of benzene rings is 1. The Hall–Kier alpha value is -3.51. The van der Waals surface area contributed by atoms with Crippen molar-refractivity contribution in [3.8, 4) is 29.0 Å². The fraction of sp³-hybridized carbons (Fsp3) is 0.118. The quantitative estimate of drug-likeness (QED) is 0.679. The molecule has 0 aliphatic carbocycles. The second kappa shape index (κ2) is 7.16. The van der Waals surface area contributed by atoms with Crippen molar-refractivity contribution in [3.05, 3.63) is 51.1 Å². The number of aromatic amines is 1. The number of aromatic hydroxyl groups is 1. The zero-order valence-corrected chi connectivity index (χ0v) is 14.7. The molecular weight excluding hydrogens is 354 g/mol. The molecule has 0 fully saturated rings. The van der Waals surface area contributed by atoms with Crippen LogP contribution in [0.1, 0.15) is 11.1 Å². The highest BCUT2D eigenvalue weighted by Crippen LogP contribution is 2.30. The summed E-state index contributed by atoms with van der Waals surface area (Å²) in [5, 5.41) is 28.7. The third-order valence-corrected chi connectivity index (χ3v) is 4.36. The van der Waals surface area contributed by atoms with Crippen LogP contribution in [-0.4, -0.2) is 22.2 Å². The van der Waals surface area contributed by atoms with E-state index in [9.17, 15) is 9.90 Å². The van der Waals surface area contributed by atoms with E-state index in [1.807, 2.05) is 35.7 Å². The molecular formula is C17H13N5O3S. The summed E-state index contributed by atoms with van der Waals surface area (Å²) in [6, 6.07) is 9.24. The van der Waals surface area contributed by atoms with E-state index in [2.05, 4.69) is 20.2 Å². The maximum absolute atomic E-state index is 11.9. The SMILES string of the molecule is COc1ccc(-c2csc(N=Nc3c(C)c(C#N)c(O)[nH]c3=O)n2)cc1. The van der Waals surface area contributed by atoms with Gasteiger partial charge in [-0.2, -0.15) is 5.26 Å². The molecule has 2 aromatic heterocycles. The van der Waals surface area contributed by atoms with Crippen LogP contribution in [0.4, 0.5) is 10.8 Å². The highest BCUT2D eigenvalue weighted by molar-refractivity contribution is 7.13. The summed E-state index contributed by atoms with van der Waals surface area (Å²) < 4.78 is 5.12. The maximum Gasteiger partial charge on any atom is 0.278 e. The summed E-state index contributed by atoms with van der Waals surface area (Å²) in [5.74, 6) is 0.268. The van der Waals surface area contributed by atoms with Gasteiger partial charge in [0, 0.05) is 16.5 Å². The predicted octanol–water partition coefficient (Wildman–Crippen LogP) is 3.81. The van der Waals surface area contributed by atoms with E-state index in [1.165, 1.54) is 18.3 Å². The topological polar surface area (TPSA) is 124 Å². The molecule has 3 rings (SSSR count). The normalized spacial score (nSPS) is 10.8. The fourth-order valence-corrected chi connectivity index (χ4v) is 2.89. The molecule has 2 N–H and O–H groups in total. The van der Waals surface area contributed by atoms with E-state index in [1.54, 1.807) is 7.11 Å². The first-order valence-corrected chi connectivity index (χ1v) is 8.29. The van der Waals surface area contributed by atoms with Crippen molar-refractivity contribution in [2.24, 2.45) is 10.2 Å². The number of nitrogens with zero attached hydrogens (tertiary/aromatic N) is 4. The van der Waals surface area contributed by atoms with E-state index < -0.39 is 11.4 Å². The molecule has 9 heteroatoms. The predicted molar refractivity (Wildman–Crippen MR) is 96.5 cm³/mol. The lowest BCUT2D eigenvalue weighted by Crippen LogP contribution is -2.08. The molecule has 130 valence electrons. The number of ether oxygens (including phenoxy) is 1. The lowest BCUT2D eigenvalue weighted by Gasteiger charge is -2.02. The molecule has 0 bridgehead atoms. The highest BCUT2D eigenvalue weighted by atomic mass is 32.1. The number of hydrogen-bond donors (Lipinski definition) is 2. The minimum absolute atomic E-state index is 0.0412. The number of azo groups is 1. The van der Waals surface area contributed by atoms with E-state index in [4.69, 9.17) is 10.00 Å². The molecule has 0 aliphatic heterocycles. The van der Waals surface area contributed by atoms with Crippen LogP contribution >= 0.6 is 11.3 Å². The standard InChI is InChI=1S/C17H13N5O3S/c1-9-12(7-18)15(23)20-16(24)14(9)21-22-17-19-13(8-26-17)10-3-5-11(25-2)6-4-10/h3-6,8H,1-2H3,(H2,20,23,24). The van der Waals surface area contributed by atoms with Gasteiger partial charge in [-0.3, -0.25) is 9.78 Å². The number of hydrogen-bond acceptors (Lipinski definition) is 8. The lowest BCUT2D eigenvalue weighted by atomic mass is 10.1. The second-order valence-electron chi connectivity index (χ2n) is 5.21. The average Bonchev–Trinajstić information content (AvgIpc) is 3.10. The Bertz CT molecular complexity index is 1080. The van der Waals surface area contributed by atoms with Crippen LogP contribution in [0.3, 0.4) is 0 Å². The van der Waals surface area contributed by atoms with Crippen LogP contribution in [0.15, 0.2) is 44.7 Å². The summed E-state index contributed by atoms with van der Waals surface area (Å²) in [6.45, 7) is 1.52. The number of nitrogens with one attached hydrogen (secondary N) is 1. The molecule has 0 saturated carbocycles. The van der Waals surface area contributed by atoms with E-state index in [0.717, 1.165) is 17.0 Å². The first-order valence-electron chi connectivity index (χ1n) is 7.41. The largest absolute Gasteiger partial charge is 0.497 e. The van der Waals surface area contributed by atoms with Gasteiger partial charge in [-0.25, -0.2) is 4.98 Å². The second-order valence-corrected chi connectivity index (χ2v) is 6.04. The first kappa shape index (κ1) is 17.3. The minimum atomic E-state index is -0.630. The molecule has 0 radical (unpaired) electrons. The van der Waals surface area contributed by atoms with E-state index in [0.29, 0.717) is 5.13 Å². The zero-order chi connectivity index (χ0) is 18.7. The Morgan fingerprint density at radius 1 is 1.31 bits per heavy atom. The lowest BCUT2D eigenvalue weighted by molar-refractivity contribution is 0.415. The zero-order valence-electron chi connectivity index (χ0n) is 13.8. The van der Waals surface area contributed by atoms with Crippen molar-refractivity contribution in [3.63, 3.8) is 0 Å². The number of rotatable bonds is 4. The van der Waals surface area contributed by atoms with Gasteiger partial charge in [-0.15, -0.1) is 21.6 Å².